The van der Waals surface area contributed by atoms with Crippen LogP contribution in [0, 0.1) is 11.3 Å². The number of aromatic nitrogens is 2. The molecule has 0 spiro atoms. The van der Waals surface area contributed by atoms with E-state index in [1.807, 2.05) is 0 Å². The number of halogens is 10. The molecule has 0 saturated carbocycles. The second-order valence-electron chi connectivity index (χ2n) is 7.99. The number of pyridine rings is 2. The Morgan fingerprint density at radius 3 is 1.97 bits per heavy atom. The largest absolute Gasteiger partial charge is 0.417 e. The fourth-order valence-corrected chi connectivity index (χ4v) is 4.67. The maximum absolute atomic E-state index is 13.9. The Morgan fingerprint density at radius 1 is 0.944 bits per heavy atom. The number of rotatable bonds is 5. The zero-order chi connectivity index (χ0) is 27.3. The number of nitrogens with zero attached hydrogens (tertiary/aromatic N) is 4. The predicted molar refractivity (Wildman–Crippen MR) is 116 cm³/mol. The van der Waals surface area contributed by atoms with E-state index in [-0.39, 0.29) is 4.43 Å². The molecule has 4 atom stereocenters. The summed E-state index contributed by atoms with van der Waals surface area (Å²) >= 11 is 1.65. The van der Waals surface area contributed by atoms with Crippen LogP contribution in [0.1, 0.15) is 23.6 Å². The van der Waals surface area contributed by atoms with Crippen molar-refractivity contribution in [2.75, 3.05) is 9.44 Å². The Kier molecular flexibility index (Phi) is 7.55. The van der Waals surface area contributed by atoms with Gasteiger partial charge in [0, 0.05) is 28.6 Å². The van der Waals surface area contributed by atoms with Crippen LogP contribution in [-0.2, 0) is 12.4 Å². The summed E-state index contributed by atoms with van der Waals surface area (Å²) in [7, 11) is 0. The molecule has 0 bridgehead atoms. The average molecular weight is 642 g/mol. The number of hydrogen-bond donors (Lipinski definition) is 2. The third kappa shape index (κ3) is 4.98. The number of hydrazone groups is 1. The van der Waals surface area contributed by atoms with Crippen molar-refractivity contribution in [1.29, 1.82) is 0 Å². The quantitative estimate of drug-likeness (QED) is 0.272. The molecular formula is C20H16F9IN4O2. The van der Waals surface area contributed by atoms with Crippen molar-refractivity contribution in [2.24, 2.45) is 16.4 Å². The lowest BCUT2D eigenvalue weighted by Gasteiger charge is -2.43. The van der Waals surface area contributed by atoms with Gasteiger partial charge in [0.1, 0.15) is 0 Å². The normalized spacial score (nSPS) is 23.0. The van der Waals surface area contributed by atoms with E-state index in [2.05, 4.69) is 15.1 Å². The van der Waals surface area contributed by atoms with Gasteiger partial charge >= 0.3 is 18.5 Å². The highest BCUT2D eigenvalue weighted by molar-refractivity contribution is 14.1. The molecule has 0 amide bonds. The molecule has 3 heterocycles. The monoisotopic (exact) mass is 642 g/mol. The highest BCUT2D eigenvalue weighted by Gasteiger charge is 2.66. The maximum Gasteiger partial charge on any atom is 0.417 e. The zero-order valence-corrected chi connectivity index (χ0v) is 20.0. The molecule has 198 valence electrons. The van der Waals surface area contributed by atoms with Crippen LogP contribution in [0.15, 0.2) is 42.0 Å². The molecule has 16 heteroatoms. The molecular weight excluding hydrogens is 626 g/mol. The van der Waals surface area contributed by atoms with Gasteiger partial charge in [-0.1, -0.05) is 29.5 Å². The Bertz CT molecular complexity index is 1140. The number of hydrogen-bond acceptors (Lipinski definition) is 6. The van der Waals surface area contributed by atoms with Gasteiger partial charge in [0.15, 0.2) is 12.3 Å². The van der Waals surface area contributed by atoms with Gasteiger partial charge in [-0.05, 0) is 18.1 Å². The second kappa shape index (κ2) is 9.59. The van der Waals surface area contributed by atoms with Crippen LogP contribution >= 0.6 is 22.6 Å². The molecule has 0 saturated heterocycles. The highest BCUT2D eigenvalue weighted by Crippen LogP contribution is 2.51. The zero-order valence-electron chi connectivity index (χ0n) is 17.9. The van der Waals surface area contributed by atoms with Gasteiger partial charge in [-0.3, -0.25) is 9.97 Å². The van der Waals surface area contributed by atoms with Crippen molar-refractivity contribution in [3.63, 3.8) is 0 Å². The summed E-state index contributed by atoms with van der Waals surface area (Å²) in [6.07, 6.45) is -18.7. The smallest absolute Gasteiger partial charge is 0.383 e. The maximum atomic E-state index is 13.9. The van der Waals surface area contributed by atoms with Crippen LogP contribution in [0.5, 0.6) is 0 Å². The summed E-state index contributed by atoms with van der Waals surface area (Å²) in [5.74, 6) is -1.30. The van der Waals surface area contributed by atoms with Crippen molar-refractivity contribution in [2.45, 2.75) is 37.8 Å². The van der Waals surface area contributed by atoms with Crippen LogP contribution in [0.4, 0.5) is 45.2 Å². The van der Waals surface area contributed by atoms with E-state index >= 15 is 0 Å². The van der Waals surface area contributed by atoms with Crippen molar-refractivity contribution in [3.8, 4) is 0 Å². The van der Waals surface area contributed by atoms with Crippen LogP contribution in [0.25, 0.3) is 0 Å². The van der Waals surface area contributed by atoms with Gasteiger partial charge in [-0.2, -0.15) is 44.6 Å². The van der Waals surface area contributed by atoms with Crippen LogP contribution in [0.2, 0.25) is 0 Å². The molecule has 0 aliphatic carbocycles. The van der Waals surface area contributed by atoms with Gasteiger partial charge in [0.2, 0.25) is 0 Å². The van der Waals surface area contributed by atoms with E-state index in [9.17, 15) is 49.7 Å². The van der Waals surface area contributed by atoms with Crippen LogP contribution < -0.4 is 5.01 Å². The van der Waals surface area contributed by atoms with Gasteiger partial charge in [-0.25, -0.2) is 5.01 Å². The molecule has 0 radical (unpaired) electrons. The Balaban J connectivity index is 2.33. The standard InChI is InChI=1S/C20H16F9IN4O2/c1-9(4-30)17(15(35)20(27,28)29)14(10-2-11(6-31-5-10)18(21,22)23)33-34(16(17)36)13-3-12(7-32-8-13)19(24,25)26/h2-3,5-9,15-16,35-36H,4H2,1H3. The van der Waals surface area contributed by atoms with Gasteiger partial charge in [0.25, 0.3) is 0 Å². The number of alkyl halides is 10. The molecule has 1 aliphatic rings. The van der Waals surface area contributed by atoms with E-state index in [0.717, 1.165) is 12.4 Å². The molecule has 0 fully saturated rings. The van der Waals surface area contributed by atoms with E-state index in [1.165, 1.54) is 6.92 Å². The summed E-state index contributed by atoms with van der Waals surface area (Å²) in [6, 6.07) is 0.886. The van der Waals surface area contributed by atoms with Crippen LogP contribution in [0.3, 0.4) is 0 Å². The van der Waals surface area contributed by atoms with Gasteiger partial charge in [-0.15, -0.1) is 0 Å². The van der Waals surface area contributed by atoms with Gasteiger partial charge in [0.05, 0.1) is 34.1 Å². The van der Waals surface area contributed by atoms with E-state index in [0.29, 0.717) is 29.5 Å². The number of aliphatic hydroxyl groups is 2. The van der Waals surface area contributed by atoms with Crippen molar-refractivity contribution >= 4 is 34.0 Å². The first-order chi connectivity index (χ1) is 16.5. The van der Waals surface area contributed by atoms with E-state index < -0.39 is 70.3 Å². The summed E-state index contributed by atoms with van der Waals surface area (Å²) in [6.45, 7) is 1.19. The predicted octanol–water partition coefficient (Wildman–Crippen LogP) is 5.04. The SMILES string of the molecule is CC(CI)C1(C(O)C(F)(F)F)C(c2cncc(C(F)(F)F)c2)=NN(c2cncc(C(F)(F)F)c2)C1O. The first-order valence-corrected chi connectivity index (χ1v) is 11.4. The van der Waals surface area contributed by atoms with Crippen LogP contribution in [-0.4, -0.2) is 48.8 Å². The molecule has 36 heavy (non-hydrogen) atoms. The minimum Gasteiger partial charge on any atom is -0.383 e. The van der Waals surface area contributed by atoms with Crippen molar-refractivity contribution < 1.29 is 49.7 Å². The molecule has 4 unspecified atom stereocenters. The molecule has 2 N–H and O–H groups in total. The number of aliphatic hydroxyl groups excluding tert-OH is 2. The second-order valence-corrected chi connectivity index (χ2v) is 8.87. The average Bonchev–Trinajstić information content (AvgIpc) is 3.10. The topological polar surface area (TPSA) is 81.8 Å². The van der Waals surface area contributed by atoms with E-state index in [4.69, 9.17) is 0 Å². The molecule has 6 nitrogen and oxygen atoms in total. The minimum atomic E-state index is -5.40. The van der Waals surface area contributed by atoms with E-state index in [1.54, 1.807) is 22.6 Å². The summed E-state index contributed by atoms with van der Waals surface area (Å²) in [4.78, 5) is 6.80. The summed E-state index contributed by atoms with van der Waals surface area (Å²) in [5.41, 5.74) is -7.55. The number of anilines is 1. The fraction of sp³-hybridized carbons (Fsp3) is 0.450. The highest BCUT2D eigenvalue weighted by atomic mass is 127. The third-order valence-corrected chi connectivity index (χ3v) is 7.06. The Labute approximate surface area is 211 Å². The molecule has 2 aromatic rings. The Morgan fingerprint density at radius 2 is 1.47 bits per heavy atom. The van der Waals surface area contributed by atoms with Crippen molar-refractivity contribution in [3.05, 3.63) is 53.6 Å². The Hall–Kier alpha value is -2.21. The first kappa shape index (κ1) is 28.4. The lowest BCUT2D eigenvalue weighted by molar-refractivity contribution is -0.245. The lowest BCUT2D eigenvalue weighted by Crippen LogP contribution is -2.60. The minimum absolute atomic E-state index is 0.165. The third-order valence-electron chi connectivity index (χ3n) is 5.74. The summed E-state index contributed by atoms with van der Waals surface area (Å²) in [5, 5.41) is 25.8. The first-order valence-electron chi connectivity index (χ1n) is 9.87. The molecule has 3 rings (SSSR count). The molecule has 1 aliphatic heterocycles. The molecule has 2 aromatic heterocycles. The molecule has 0 aromatic carbocycles. The summed E-state index contributed by atoms with van der Waals surface area (Å²) < 4.78 is 121. The lowest BCUT2D eigenvalue weighted by atomic mass is 9.66. The van der Waals surface area contributed by atoms with Crippen molar-refractivity contribution in [1.82, 2.24) is 9.97 Å². The van der Waals surface area contributed by atoms with Gasteiger partial charge < -0.3 is 10.2 Å². The fourth-order valence-electron chi connectivity index (χ4n) is 3.94.